The third-order valence-corrected chi connectivity index (χ3v) is 3.00. The summed E-state index contributed by atoms with van der Waals surface area (Å²) in [4.78, 5) is 11.8. The minimum absolute atomic E-state index is 0.113. The number of carbonyl (C=O) groups is 1. The molecule has 100 valence electrons. The number of amides is 1. The fraction of sp³-hybridized carbons (Fsp3) is 0.500. The Morgan fingerprint density at radius 1 is 1.50 bits per heavy atom. The number of rotatable bonds is 6. The smallest absolute Gasteiger partial charge is 0.254 e. The number of halogens is 1. The predicted molar refractivity (Wildman–Crippen MR) is 70.9 cm³/mol. The molecule has 1 aromatic carbocycles. The largest absolute Gasteiger partial charge is 0.352 e. The van der Waals surface area contributed by atoms with Gasteiger partial charge < -0.3 is 11.1 Å². The van der Waals surface area contributed by atoms with Crippen LogP contribution < -0.4 is 11.1 Å². The van der Waals surface area contributed by atoms with Gasteiger partial charge in [-0.3, -0.25) is 4.79 Å². The summed E-state index contributed by atoms with van der Waals surface area (Å²) < 4.78 is 13.7. The van der Waals surface area contributed by atoms with Crippen LogP contribution in [0.3, 0.4) is 0 Å². The second-order valence-corrected chi connectivity index (χ2v) is 4.68. The highest BCUT2D eigenvalue weighted by Gasteiger charge is 2.12. The molecule has 0 saturated heterocycles. The Kier molecular flexibility index (Phi) is 5.78. The topological polar surface area (TPSA) is 55.1 Å². The Hall–Kier alpha value is -1.42. The minimum Gasteiger partial charge on any atom is -0.352 e. The number of hydrogen-bond acceptors (Lipinski definition) is 2. The lowest BCUT2D eigenvalue weighted by molar-refractivity contribution is 0.0948. The van der Waals surface area contributed by atoms with Gasteiger partial charge in [-0.05, 0) is 43.9 Å². The molecule has 0 aliphatic heterocycles. The number of nitrogens with two attached hydrogens (primary N) is 1. The van der Waals surface area contributed by atoms with Crippen molar-refractivity contribution in [3.63, 3.8) is 0 Å². The number of carbonyl (C=O) groups excluding carboxylic acids is 1. The molecule has 0 radical (unpaired) electrons. The fourth-order valence-corrected chi connectivity index (χ4v) is 1.69. The summed E-state index contributed by atoms with van der Waals surface area (Å²) in [6.45, 7) is 4.92. The van der Waals surface area contributed by atoms with E-state index >= 15 is 0 Å². The number of hydrogen-bond donors (Lipinski definition) is 2. The van der Waals surface area contributed by atoms with Crippen molar-refractivity contribution in [3.05, 3.63) is 35.1 Å². The molecule has 4 heteroatoms. The van der Waals surface area contributed by atoms with E-state index in [2.05, 4.69) is 12.2 Å². The maximum Gasteiger partial charge on any atom is 0.254 e. The van der Waals surface area contributed by atoms with Gasteiger partial charge in [0, 0.05) is 6.54 Å². The third kappa shape index (κ3) is 4.11. The van der Waals surface area contributed by atoms with Crippen molar-refractivity contribution < 1.29 is 9.18 Å². The Morgan fingerprint density at radius 3 is 2.89 bits per heavy atom. The van der Waals surface area contributed by atoms with Crippen LogP contribution in [0.4, 0.5) is 4.39 Å². The maximum atomic E-state index is 13.7. The normalized spacial score (nSPS) is 12.2. The van der Waals surface area contributed by atoms with Crippen molar-refractivity contribution in [2.45, 2.75) is 26.7 Å². The zero-order valence-corrected chi connectivity index (χ0v) is 11.0. The zero-order chi connectivity index (χ0) is 13.5. The standard InChI is InChI=1S/C14H21FN2O/c1-10(9-16)5-4-8-17-14(18)12-7-3-6-11(2)13(12)15/h3,6-7,10H,4-5,8-9,16H2,1-2H3,(H,17,18). The molecule has 1 atom stereocenters. The van der Waals surface area contributed by atoms with E-state index in [4.69, 9.17) is 5.73 Å². The molecule has 3 nitrogen and oxygen atoms in total. The van der Waals surface area contributed by atoms with E-state index in [1.807, 2.05) is 0 Å². The van der Waals surface area contributed by atoms with Crippen molar-refractivity contribution in [2.75, 3.05) is 13.1 Å². The second-order valence-electron chi connectivity index (χ2n) is 4.68. The van der Waals surface area contributed by atoms with E-state index in [-0.39, 0.29) is 11.5 Å². The molecule has 0 aromatic heterocycles. The molecule has 0 spiro atoms. The van der Waals surface area contributed by atoms with Crippen LogP contribution in [0, 0.1) is 18.7 Å². The van der Waals surface area contributed by atoms with Gasteiger partial charge in [0.1, 0.15) is 5.82 Å². The Bertz CT molecular complexity index is 407. The van der Waals surface area contributed by atoms with Gasteiger partial charge in [0.25, 0.3) is 5.91 Å². The quantitative estimate of drug-likeness (QED) is 0.763. The minimum atomic E-state index is -0.440. The second kappa shape index (κ2) is 7.11. The van der Waals surface area contributed by atoms with E-state index in [9.17, 15) is 9.18 Å². The highest BCUT2D eigenvalue weighted by Crippen LogP contribution is 2.11. The van der Waals surface area contributed by atoms with Crippen LogP contribution in [0.1, 0.15) is 35.7 Å². The predicted octanol–water partition coefficient (Wildman–Crippen LogP) is 2.24. The highest BCUT2D eigenvalue weighted by atomic mass is 19.1. The lowest BCUT2D eigenvalue weighted by atomic mass is 10.1. The zero-order valence-electron chi connectivity index (χ0n) is 11.0. The maximum absolute atomic E-state index is 13.7. The molecule has 1 aromatic rings. The third-order valence-electron chi connectivity index (χ3n) is 3.00. The van der Waals surface area contributed by atoms with Crippen LogP contribution in [0.5, 0.6) is 0 Å². The van der Waals surface area contributed by atoms with E-state index in [0.717, 1.165) is 12.8 Å². The molecule has 0 saturated carbocycles. The first kappa shape index (κ1) is 14.6. The lowest BCUT2D eigenvalue weighted by Gasteiger charge is -2.09. The summed E-state index contributed by atoms with van der Waals surface area (Å²) in [6, 6.07) is 4.83. The molecule has 1 amide bonds. The van der Waals surface area contributed by atoms with Crippen LogP contribution >= 0.6 is 0 Å². The summed E-state index contributed by atoms with van der Waals surface area (Å²) in [7, 11) is 0. The molecule has 3 N–H and O–H groups in total. The SMILES string of the molecule is Cc1cccc(C(=O)NCCCC(C)CN)c1F. The highest BCUT2D eigenvalue weighted by molar-refractivity contribution is 5.94. The number of nitrogens with one attached hydrogen (secondary N) is 1. The molecule has 1 unspecified atom stereocenters. The fourth-order valence-electron chi connectivity index (χ4n) is 1.69. The van der Waals surface area contributed by atoms with Gasteiger partial charge in [0.2, 0.25) is 0 Å². The van der Waals surface area contributed by atoms with Crippen molar-refractivity contribution in [1.82, 2.24) is 5.32 Å². The first-order valence-corrected chi connectivity index (χ1v) is 6.29. The molecule has 18 heavy (non-hydrogen) atoms. The summed E-state index contributed by atoms with van der Waals surface area (Å²) in [5.74, 6) is -0.334. The van der Waals surface area contributed by atoms with Crippen LogP contribution in [0.25, 0.3) is 0 Å². The molecular weight excluding hydrogens is 231 g/mol. The number of benzene rings is 1. The van der Waals surface area contributed by atoms with Gasteiger partial charge in [-0.15, -0.1) is 0 Å². The van der Waals surface area contributed by atoms with Crippen LogP contribution in [-0.4, -0.2) is 19.0 Å². The van der Waals surface area contributed by atoms with Gasteiger partial charge in [-0.25, -0.2) is 4.39 Å². The first-order valence-electron chi connectivity index (χ1n) is 6.29. The van der Waals surface area contributed by atoms with Crippen LogP contribution in [-0.2, 0) is 0 Å². The van der Waals surface area contributed by atoms with Crippen molar-refractivity contribution in [1.29, 1.82) is 0 Å². The Morgan fingerprint density at radius 2 is 2.22 bits per heavy atom. The Balaban J connectivity index is 2.44. The number of aryl methyl sites for hydroxylation is 1. The molecule has 0 heterocycles. The lowest BCUT2D eigenvalue weighted by Crippen LogP contribution is -2.26. The monoisotopic (exact) mass is 252 g/mol. The summed E-state index contributed by atoms with van der Waals surface area (Å²) >= 11 is 0. The van der Waals surface area contributed by atoms with Crippen molar-refractivity contribution in [2.24, 2.45) is 11.7 Å². The molecule has 0 bridgehead atoms. The van der Waals surface area contributed by atoms with Crippen molar-refractivity contribution in [3.8, 4) is 0 Å². The van der Waals surface area contributed by atoms with E-state index in [0.29, 0.717) is 24.6 Å². The van der Waals surface area contributed by atoms with Crippen LogP contribution in [0.15, 0.2) is 18.2 Å². The van der Waals surface area contributed by atoms with Gasteiger partial charge >= 0.3 is 0 Å². The van der Waals surface area contributed by atoms with Gasteiger partial charge in [-0.2, -0.15) is 0 Å². The van der Waals surface area contributed by atoms with Crippen molar-refractivity contribution >= 4 is 5.91 Å². The van der Waals surface area contributed by atoms with Gasteiger partial charge in [-0.1, -0.05) is 19.1 Å². The summed E-state index contributed by atoms with van der Waals surface area (Å²) in [6.07, 6.45) is 1.82. The van der Waals surface area contributed by atoms with E-state index in [1.165, 1.54) is 6.07 Å². The van der Waals surface area contributed by atoms with E-state index in [1.54, 1.807) is 19.1 Å². The van der Waals surface area contributed by atoms with Gasteiger partial charge in [0.15, 0.2) is 0 Å². The molecule has 0 fully saturated rings. The average molecular weight is 252 g/mol. The first-order chi connectivity index (χ1) is 8.56. The average Bonchev–Trinajstić information content (AvgIpc) is 2.37. The molecule has 0 aliphatic carbocycles. The molecular formula is C14H21FN2O. The molecule has 1 rings (SSSR count). The molecule has 0 aliphatic rings. The van der Waals surface area contributed by atoms with Crippen LogP contribution in [0.2, 0.25) is 0 Å². The summed E-state index contributed by atoms with van der Waals surface area (Å²) in [5.41, 5.74) is 6.10. The van der Waals surface area contributed by atoms with E-state index < -0.39 is 5.82 Å². The summed E-state index contributed by atoms with van der Waals surface area (Å²) in [5, 5.41) is 2.73. The Labute approximate surface area is 108 Å². The van der Waals surface area contributed by atoms with Gasteiger partial charge in [0.05, 0.1) is 5.56 Å².